The van der Waals surface area contributed by atoms with E-state index in [0.29, 0.717) is 31.4 Å². The van der Waals surface area contributed by atoms with Crippen LogP contribution in [0.4, 0.5) is 5.69 Å². The Kier molecular flexibility index (Phi) is 7.86. The number of anilines is 1. The van der Waals surface area contributed by atoms with Gasteiger partial charge in [-0.15, -0.1) is 0 Å². The van der Waals surface area contributed by atoms with Gasteiger partial charge < -0.3 is 0 Å². The molecule has 31 heavy (non-hydrogen) atoms. The number of benzene rings is 2. The Balaban J connectivity index is 1.43. The Hall–Kier alpha value is -2.06. The van der Waals surface area contributed by atoms with Gasteiger partial charge in [0.05, 0.1) is 0 Å². The number of hydrogen-bond donors (Lipinski definition) is 1. The summed E-state index contributed by atoms with van der Waals surface area (Å²) >= 11 is 6.19. The van der Waals surface area contributed by atoms with E-state index in [1.807, 2.05) is 65.6 Å². The molecule has 4 rings (SSSR count). The zero-order chi connectivity index (χ0) is 21.5. The molecule has 0 aliphatic carbocycles. The summed E-state index contributed by atoms with van der Waals surface area (Å²) in [6, 6.07) is 15.4. The maximum absolute atomic E-state index is 11.1. The molecule has 0 fully saturated rings. The molecule has 0 radical (unpaired) electrons. The van der Waals surface area contributed by atoms with Crippen LogP contribution in [0.15, 0.2) is 86.1 Å². The summed E-state index contributed by atoms with van der Waals surface area (Å²) in [5.41, 5.74) is 3.91. The number of ether oxygens (including phenoxy) is 2. The second kappa shape index (κ2) is 11.0. The van der Waals surface area contributed by atoms with Gasteiger partial charge in [0, 0.05) is 0 Å². The van der Waals surface area contributed by atoms with Crippen LogP contribution >= 0.6 is 11.6 Å². The second-order valence-electron chi connectivity index (χ2n) is 7.13. The van der Waals surface area contributed by atoms with Crippen molar-refractivity contribution in [2.75, 3.05) is 31.3 Å². The quantitative estimate of drug-likeness (QED) is 0.513. The predicted octanol–water partition coefficient (Wildman–Crippen LogP) is 2.01. The molecule has 2 aromatic carbocycles. The van der Waals surface area contributed by atoms with Gasteiger partial charge in [0.15, 0.2) is 0 Å². The number of allylic oxidation sites excluding steroid dienone is 2. The molecule has 2 aliphatic rings. The summed E-state index contributed by atoms with van der Waals surface area (Å²) in [5.74, 6) is 0.807. The van der Waals surface area contributed by atoms with Gasteiger partial charge in [0.2, 0.25) is 0 Å². The van der Waals surface area contributed by atoms with Crippen LogP contribution in [-0.4, -0.2) is 37.7 Å². The minimum Gasteiger partial charge on any atom is -0.0620 e. The Morgan fingerprint density at radius 2 is 1.94 bits per heavy atom. The van der Waals surface area contributed by atoms with Gasteiger partial charge in [0.1, 0.15) is 0 Å². The van der Waals surface area contributed by atoms with Gasteiger partial charge in [-0.05, 0) is 12.1 Å². The minimum absolute atomic E-state index is 0.0516. The van der Waals surface area contributed by atoms with E-state index in [1.54, 1.807) is 0 Å². The van der Waals surface area contributed by atoms with E-state index >= 15 is 0 Å². The van der Waals surface area contributed by atoms with Crippen LogP contribution in [0.3, 0.4) is 0 Å². The van der Waals surface area contributed by atoms with Gasteiger partial charge in [-0.3, -0.25) is 0 Å². The predicted molar refractivity (Wildman–Crippen MR) is 122 cm³/mol. The van der Waals surface area contributed by atoms with Crippen molar-refractivity contribution in [3.63, 3.8) is 0 Å². The third-order valence-corrected chi connectivity index (χ3v) is 7.15. The number of nitrogens with zero attached hydrogens (tertiary/aromatic N) is 1. The monoisotopic (exact) mass is 548 g/mol. The van der Waals surface area contributed by atoms with Crippen LogP contribution in [0.5, 0.6) is 5.75 Å². The molecule has 4 nitrogen and oxygen atoms in total. The molecule has 0 saturated carbocycles. The van der Waals surface area contributed by atoms with Crippen LogP contribution in [0.2, 0.25) is 5.02 Å². The van der Waals surface area contributed by atoms with Crippen LogP contribution < -0.4 is 30.8 Å². The molecule has 0 bridgehead atoms. The van der Waals surface area contributed by atoms with Crippen molar-refractivity contribution in [2.45, 2.75) is 6.23 Å². The molecule has 1 unspecified atom stereocenters. The summed E-state index contributed by atoms with van der Waals surface area (Å²) in [6.45, 7) is 1.85. The molecule has 0 aromatic heterocycles. The van der Waals surface area contributed by atoms with Gasteiger partial charge in [-0.2, -0.15) is 0 Å². The van der Waals surface area contributed by atoms with Gasteiger partial charge in [0.25, 0.3) is 0 Å². The molecule has 1 atom stereocenters. The van der Waals surface area contributed by atoms with E-state index in [-0.39, 0.29) is 21.2 Å². The zero-order valence-corrected chi connectivity index (χ0v) is 19.9. The first-order chi connectivity index (χ1) is 15.2. The third-order valence-electron chi connectivity index (χ3n) is 4.92. The first-order valence-corrected chi connectivity index (χ1v) is 12.9. The maximum atomic E-state index is 11.1. The number of rotatable bonds is 8. The molecule has 6 heteroatoms. The fourth-order valence-electron chi connectivity index (χ4n) is 3.41. The summed E-state index contributed by atoms with van der Waals surface area (Å²) in [5, 5.41) is 11.7. The average molecular weight is 549 g/mol. The first kappa shape index (κ1) is 22.1. The molecule has 2 aliphatic heterocycles. The van der Waals surface area contributed by atoms with Crippen LogP contribution in [0, 0.1) is 0 Å². The average Bonchev–Trinajstić information content (AvgIpc) is 3.06. The molecule has 0 amide bonds. The topological polar surface area (TPSA) is 41.9 Å². The molecule has 2 heterocycles. The van der Waals surface area contributed by atoms with E-state index in [9.17, 15) is 5.11 Å². The fourth-order valence-corrected chi connectivity index (χ4v) is 5.12. The van der Waals surface area contributed by atoms with Crippen molar-refractivity contribution < 1.29 is 35.8 Å². The summed E-state index contributed by atoms with van der Waals surface area (Å²) in [4.78, 5) is 1.92. The Morgan fingerprint density at radius 1 is 1.06 bits per heavy atom. The zero-order valence-electron chi connectivity index (χ0n) is 17.0. The number of aliphatic hydroxyl groups excluding tert-OH is 1. The number of aliphatic hydroxyl groups is 1. The first-order valence-electron chi connectivity index (χ1n) is 10.1. The summed E-state index contributed by atoms with van der Waals surface area (Å²) in [7, 11) is 0. The summed E-state index contributed by atoms with van der Waals surface area (Å²) in [6.07, 6.45) is 7.42. The van der Waals surface area contributed by atoms with Crippen LogP contribution in [0.1, 0.15) is 5.56 Å². The van der Waals surface area contributed by atoms with E-state index in [4.69, 9.17) is 21.1 Å². The molecule has 1 N–H and O–H groups in total. The van der Waals surface area contributed by atoms with Crippen molar-refractivity contribution in [3.05, 3.63) is 96.7 Å². The normalized spacial score (nSPS) is 17.9. The van der Waals surface area contributed by atoms with E-state index < -0.39 is 6.23 Å². The number of para-hydroxylation sites is 1. The molecule has 162 valence electrons. The number of hydrogen-bond acceptors (Lipinski definition) is 4. The fraction of sp³-hybridized carbons (Fsp3) is 0.200. The van der Waals surface area contributed by atoms with Crippen molar-refractivity contribution in [1.29, 1.82) is 0 Å². The van der Waals surface area contributed by atoms with Crippen LogP contribution in [-0.2, 0) is 4.74 Å². The number of fused-ring (bicyclic) bond motifs is 1. The van der Waals surface area contributed by atoms with Crippen molar-refractivity contribution in [1.82, 2.24) is 0 Å². The summed E-state index contributed by atoms with van der Waals surface area (Å²) < 4.78 is 16.3. The number of halogens is 2. The van der Waals surface area contributed by atoms with Gasteiger partial charge in [-0.1, -0.05) is 18.2 Å². The molecule has 2 aromatic rings. The van der Waals surface area contributed by atoms with Gasteiger partial charge >= 0.3 is 169 Å². The van der Waals surface area contributed by atoms with Gasteiger partial charge in [-0.25, -0.2) is 0 Å². The smallest absolute Gasteiger partial charge is 0.0620 e. The van der Waals surface area contributed by atoms with Crippen molar-refractivity contribution in [3.8, 4) is 5.75 Å². The molecule has 0 saturated heterocycles. The van der Waals surface area contributed by atoms with Crippen molar-refractivity contribution in [2.24, 2.45) is 0 Å². The molecule has 0 spiro atoms. The third kappa shape index (κ3) is 6.01. The minimum atomic E-state index is -0.793. The molecular formula is C25H24ClINO3-. The SMILES string of the molecule is OC1C(COCC2=C[I-]C=CC=C2)=Cc2ccc(Cl)cc2N1CCOc1ccccc1. The Morgan fingerprint density at radius 3 is 2.81 bits per heavy atom. The second-order valence-corrected chi connectivity index (χ2v) is 9.63. The van der Waals surface area contributed by atoms with E-state index in [2.05, 4.69) is 20.3 Å². The van der Waals surface area contributed by atoms with Crippen LogP contribution in [0.25, 0.3) is 6.08 Å². The van der Waals surface area contributed by atoms with Crippen molar-refractivity contribution >= 4 is 23.4 Å². The standard InChI is InChI=1S/C25H24ClINO3/c26-22-10-9-20-14-21(18-30-17-19-6-4-5-11-27-16-19)25(29)28(24(20)15-22)12-13-31-23-7-2-1-3-8-23/h1-11,14-16,25,29H,12-13,17-18H2/q-1. The molecular weight excluding hydrogens is 525 g/mol. The Labute approximate surface area is 198 Å². The Bertz CT molecular complexity index is 1020. The van der Waals surface area contributed by atoms with E-state index in [1.165, 1.54) is 5.57 Å². The van der Waals surface area contributed by atoms with E-state index in [0.717, 1.165) is 22.6 Å².